The molecule has 1 aromatic rings. The average Bonchev–Trinajstić information content (AvgIpc) is 2.31. The highest BCUT2D eigenvalue weighted by atomic mass is 35.5. The van der Waals surface area contributed by atoms with Crippen LogP contribution in [-0.4, -0.2) is 24.7 Å². The third-order valence-electron chi connectivity index (χ3n) is 3.05. The minimum absolute atomic E-state index is 0. The fourth-order valence-corrected chi connectivity index (χ4v) is 2.00. The molecular formula is C11H18Cl2N2O. The average molecular weight is 265 g/mol. The molecule has 3 nitrogen and oxygen atoms in total. The fourth-order valence-electron chi connectivity index (χ4n) is 2.00. The molecule has 92 valence electrons. The van der Waals surface area contributed by atoms with Gasteiger partial charge in [-0.2, -0.15) is 0 Å². The molecule has 0 spiro atoms. The minimum Gasteiger partial charge on any atom is -0.381 e. The molecule has 2 heterocycles. The van der Waals surface area contributed by atoms with Crippen molar-refractivity contribution < 1.29 is 4.74 Å². The van der Waals surface area contributed by atoms with Gasteiger partial charge in [-0.05, 0) is 25.0 Å². The summed E-state index contributed by atoms with van der Waals surface area (Å²) < 4.78 is 5.36. The molecule has 1 saturated heterocycles. The molecule has 2 N–H and O–H groups in total. The van der Waals surface area contributed by atoms with Gasteiger partial charge < -0.3 is 10.5 Å². The van der Waals surface area contributed by atoms with Gasteiger partial charge in [-0.1, -0.05) is 6.07 Å². The summed E-state index contributed by atoms with van der Waals surface area (Å²) in [5.74, 6) is 0. The number of nitrogens with zero attached hydrogens (tertiary/aromatic N) is 1. The van der Waals surface area contributed by atoms with Crippen LogP contribution in [0.1, 0.15) is 18.5 Å². The Morgan fingerprint density at radius 3 is 2.44 bits per heavy atom. The summed E-state index contributed by atoms with van der Waals surface area (Å²) in [7, 11) is 0. The summed E-state index contributed by atoms with van der Waals surface area (Å²) in [5.41, 5.74) is 7.05. The lowest BCUT2D eigenvalue weighted by molar-refractivity contribution is 0.0515. The van der Waals surface area contributed by atoms with E-state index in [1.165, 1.54) is 0 Å². The van der Waals surface area contributed by atoms with Crippen molar-refractivity contribution in [3.63, 3.8) is 0 Å². The molecule has 16 heavy (non-hydrogen) atoms. The molecule has 0 unspecified atom stereocenters. The largest absolute Gasteiger partial charge is 0.381 e. The molecule has 0 amide bonds. The Labute approximate surface area is 109 Å². The number of hydrogen-bond acceptors (Lipinski definition) is 3. The van der Waals surface area contributed by atoms with Crippen LogP contribution in [-0.2, 0) is 10.2 Å². The molecule has 0 radical (unpaired) electrons. The van der Waals surface area contributed by atoms with E-state index in [0.717, 1.165) is 31.7 Å². The van der Waals surface area contributed by atoms with E-state index in [2.05, 4.69) is 11.1 Å². The van der Waals surface area contributed by atoms with E-state index >= 15 is 0 Å². The van der Waals surface area contributed by atoms with Crippen LogP contribution in [0.2, 0.25) is 0 Å². The van der Waals surface area contributed by atoms with Crippen molar-refractivity contribution >= 4 is 24.8 Å². The number of nitrogens with two attached hydrogens (primary N) is 1. The summed E-state index contributed by atoms with van der Waals surface area (Å²) in [6.07, 6.45) is 3.81. The second kappa shape index (κ2) is 7.07. The molecule has 0 aliphatic carbocycles. The van der Waals surface area contributed by atoms with Gasteiger partial charge in [0.05, 0.1) is 0 Å². The lowest BCUT2D eigenvalue weighted by Gasteiger charge is -2.35. The van der Waals surface area contributed by atoms with Crippen LogP contribution < -0.4 is 5.73 Å². The third kappa shape index (κ3) is 3.08. The fraction of sp³-hybridized carbons (Fsp3) is 0.545. The first-order valence-electron chi connectivity index (χ1n) is 5.07. The molecule has 0 bridgehead atoms. The summed E-state index contributed by atoms with van der Waals surface area (Å²) >= 11 is 0. The van der Waals surface area contributed by atoms with Crippen molar-refractivity contribution in [2.45, 2.75) is 18.3 Å². The van der Waals surface area contributed by atoms with Crippen molar-refractivity contribution in [3.8, 4) is 0 Å². The van der Waals surface area contributed by atoms with E-state index in [1.54, 1.807) is 0 Å². The molecule has 0 atom stereocenters. The molecule has 1 aliphatic heterocycles. The molecule has 1 aromatic heterocycles. The smallest absolute Gasteiger partial charge is 0.0479 e. The molecular weight excluding hydrogens is 247 g/mol. The van der Waals surface area contributed by atoms with E-state index in [0.29, 0.717) is 6.54 Å². The van der Waals surface area contributed by atoms with Gasteiger partial charge in [-0.15, -0.1) is 24.8 Å². The summed E-state index contributed by atoms with van der Waals surface area (Å²) in [6.45, 7) is 2.26. The van der Waals surface area contributed by atoms with Crippen LogP contribution in [0.4, 0.5) is 0 Å². The summed E-state index contributed by atoms with van der Waals surface area (Å²) in [4.78, 5) is 4.41. The van der Waals surface area contributed by atoms with Gasteiger partial charge in [0.25, 0.3) is 0 Å². The monoisotopic (exact) mass is 264 g/mol. The van der Waals surface area contributed by atoms with Gasteiger partial charge in [0.2, 0.25) is 0 Å². The quantitative estimate of drug-likeness (QED) is 0.888. The first kappa shape index (κ1) is 15.7. The molecule has 1 aliphatic rings. The van der Waals surface area contributed by atoms with E-state index in [9.17, 15) is 0 Å². The predicted molar refractivity (Wildman–Crippen MR) is 69.5 cm³/mol. The number of aromatic nitrogens is 1. The molecule has 2 rings (SSSR count). The van der Waals surface area contributed by atoms with Crippen molar-refractivity contribution in [3.05, 3.63) is 30.1 Å². The Bertz CT molecular complexity index is 289. The maximum atomic E-state index is 5.87. The van der Waals surface area contributed by atoms with Crippen LogP contribution in [0.3, 0.4) is 0 Å². The van der Waals surface area contributed by atoms with Crippen LogP contribution >= 0.6 is 24.8 Å². The zero-order valence-electron chi connectivity index (χ0n) is 9.09. The number of hydrogen-bond donors (Lipinski definition) is 1. The first-order valence-corrected chi connectivity index (χ1v) is 5.07. The van der Waals surface area contributed by atoms with E-state index in [4.69, 9.17) is 10.5 Å². The Morgan fingerprint density at radius 2 is 1.94 bits per heavy atom. The maximum absolute atomic E-state index is 5.87. The Hall–Kier alpha value is -0.350. The zero-order chi connectivity index (χ0) is 9.86. The highest BCUT2D eigenvalue weighted by molar-refractivity contribution is 5.85. The van der Waals surface area contributed by atoms with Crippen LogP contribution in [0.15, 0.2) is 24.4 Å². The SMILES string of the molecule is Cl.Cl.NCC1(c2ccccn2)CCOCC1. The van der Waals surface area contributed by atoms with Gasteiger partial charge in [0.15, 0.2) is 0 Å². The van der Waals surface area contributed by atoms with E-state index in [-0.39, 0.29) is 30.2 Å². The van der Waals surface area contributed by atoms with Gasteiger partial charge in [-0.3, -0.25) is 4.98 Å². The van der Waals surface area contributed by atoms with Gasteiger partial charge in [0, 0.05) is 37.1 Å². The lowest BCUT2D eigenvalue weighted by Crippen LogP contribution is -2.41. The van der Waals surface area contributed by atoms with E-state index < -0.39 is 0 Å². The maximum Gasteiger partial charge on any atom is 0.0479 e. The van der Waals surface area contributed by atoms with Crippen molar-refractivity contribution in [2.75, 3.05) is 19.8 Å². The predicted octanol–water partition coefficient (Wildman–Crippen LogP) is 1.93. The van der Waals surface area contributed by atoms with Crippen molar-refractivity contribution in [2.24, 2.45) is 5.73 Å². The number of halogens is 2. The van der Waals surface area contributed by atoms with Crippen molar-refractivity contribution in [1.29, 1.82) is 0 Å². The minimum atomic E-state index is 0. The lowest BCUT2D eigenvalue weighted by atomic mass is 9.77. The van der Waals surface area contributed by atoms with Gasteiger partial charge >= 0.3 is 0 Å². The highest BCUT2D eigenvalue weighted by Gasteiger charge is 2.33. The molecule has 0 saturated carbocycles. The van der Waals surface area contributed by atoms with Crippen LogP contribution in [0, 0.1) is 0 Å². The summed E-state index contributed by atoms with van der Waals surface area (Å²) in [5, 5.41) is 0. The Kier molecular flexibility index (Phi) is 6.91. The molecule has 1 fully saturated rings. The van der Waals surface area contributed by atoms with Crippen molar-refractivity contribution in [1.82, 2.24) is 4.98 Å². The zero-order valence-corrected chi connectivity index (χ0v) is 10.7. The van der Waals surface area contributed by atoms with Gasteiger partial charge in [-0.25, -0.2) is 0 Å². The van der Waals surface area contributed by atoms with Crippen LogP contribution in [0.25, 0.3) is 0 Å². The first-order chi connectivity index (χ1) is 6.87. The third-order valence-corrected chi connectivity index (χ3v) is 3.05. The Balaban J connectivity index is 0.00000112. The second-order valence-corrected chi connectivity index (χ2v) is 3.81. The number of rotatable bonds is 2. The number of ether oxygens (including phenoxy) is 1. The normalized spacial score (nSPS) is 18.1. The standard InChI is InChI=1S/C11H16N2O.2ClH/c12-9-11(4-7-14-8-5-11)10-3-1-2-6-13-10;;/h1-3,6H,4-5,7-9,12H2;2*1H. The summed E-state index contributed by atoms with van der Waals surface area (Å²) in [6, 6.07) is 6.03. The van der Waals surface area contributed by atoms with E-state index in [1.807, 2.05) is 18.3 Å². The number of pyridine rings is 1. The topological polar surface area (TPSA) is 48.1 Å². The molecule has 0 aromatic carbocycles. The van der Waals surface area contributed by atoms with Gasteiger partial charge in [0.1, 0.15) is 0 Å². The van der Waals surface area contributed by atoms with Crippen LogP contribution in [0.5, 0.6) is 0 Å². The highest BCUT2D eigenvalue weighted by Crippen LogP contribution is 2.32. The Morgan fingerprint density at radius 1 is 1.25 bits per heavy atom. The molecule has 5 heteroatoms. The second-order valence-electron chi connectivity index (χ2n) is 3.81.